The van der Waals surface area contributed by atoms with E-state index in [-0.39, 0.29) is 5.41 Å². The predicted octanol–water partition coefficient (Wildman–Crippen LogP) is 16.9. The Morgan fingerprint density at radius 1 is 0.359 bits per heavy atom. The lowest BCUT2D eigenvalue weighted by Crippen LogP contribution is -2.55. The lowest BCUT2D eigenvalue weighted by Gasteiger charge is -2.61. The molecule has 0 saturated heterocycles. The van der Waals surface area contributed by atoms with Gasteiger partial charge in [-0.2, -0.15) is 0 Å². The molecule has 1 spiro atoms. The van der Waals surface area contributed by atoms with Crippen molar-refractivity contribution in [2.75, 3.05) is 9.80 Å². The van der Waals surface area contributed by atoms with E-state index in [1.165, 1.54) is 109 Å². The standard InChI is InChI=1S/C62H48N2/c1-4-14-42(15-5-1)45-16-12-21-50(39-45)63(48-17-6-2-7-18-48)56-32-28-43-27-31-54-57(33-29-44-26-30-53(56)59(43)60(44)54)64(49-19-8-3-9-20-49)58-25-13-23-52-51-22-10-11-24-55(51)62(61(52)58)46-35-40-34-41(37-46)38-47(62)36-40/h1-33,39-41,46-47H,34-38H2. The third-order valence-electron chi connectivity index (χ3n) is 16.1. The van der Waals surface area contributed by atoms with Crippen molar-refractivity contribution in [3.8, 4) is 22.3 Å². The van der Waals surface area contributed by atoms with E-state index in [2.05, 4.69) is 216 Å². The fourth-order valence-corrected chi connectivity index (χ4v) is 14.0. The van der Waals surface area contributed by atoms with E-state index in [4.69, 9.17) is 0 Å². The van der Waals surface area contributed by atoms with E-state index in [1.54, 1.807) is 11.1 Å². The maximum Gasteiger partial charge on any atom is 0.0540 e. The zero-order chi connectivity index (χ0) is 41.9. The molecule has 4 bridgehead atoms. The normalized spacial score (nSPS) is 21.5. The van der Waals surface area contributed by atoms with Crippen LogP contribution in [0.1, 0.15) is 43.2 Å². The van der Waals surface area contributed by atoms with Crippen LogP contribution in [0.2, 0.25) is 0 Å². The molecule has 0 aliphatic heterocycles. The molecule has 10 aromatic rings. The quantitative estimate of drug-likeness (QED) is 0.148. The second-order valence-corrected chi connectivity index (χ2v) is 19.3. The predicted molar refractivity (Wildman–Crippen MR) is 268 cm³/mol. The van der Waals surface area contributed by atoms with Gasteiger partial charge in [-0.3, -0.25) is 0 Å². The van der Waals surface area contributed by atoms with Crippen LogP contribution in [0.4, 0.5) is 34.1 Å². The first kappa shape index (κ1) is 36.3. The molecule has 0 unspecified atom stereocenters. The maximum atomic E-state index is 2.65. The highest BCUT2D eigenvalue weighted by atomic mass is 15.2. The molecular weight excluding hydrogens is 773 g/mol. The third kappa shape index (κ3) is 5.14. The largest absolute Gasteiger partial charge is 0.310 e. The Bertz CT molecular complexity index is 3380. The van der Waals surface area contributed by atoms with Crippen molar-refractivity contribution in [2.45, 2.75) is 37.5 Å². The van der Waals surface area contributed by atoms with Gasteiger partial charge in [-0.15, -0.1) is 0 Å². The number of hydrogen-bond donors (Lipinski definition) is 0. The summed E-state index contributed by atoms with van der Waals surface area (Å²) in [6.07, 6.45) is 6.88. The number of rotatable bonds is 7. The highest BCUT2D eigenvalue weighted by molar-refractivity contribution is 6.28. The number of fused-ring (bicyclic) bond motifs is 3. The molecular formula is C62H48N2. The topological polar surface area (TPSA) is 6.48 Å². The molecule has 5 aliphatic rings. The maximum absolute atomic E-state index is 2.65. The molecule has 4 saturated carbocycles. The van der Waals surface area contributed by atoms with E-state index in [9.17, 15) is 0 Å². The Balaban J connectivity index is 1.00. The van der Waals surface area contributed by atoms with Gasteiger partial charge in [0.05, 0.1) is 17.1 Å². The van der Waals surface area contributed by atoms with Gasteiger partial charge in [0.25, 0.3) is 0 Å². The number of hydrogen-bond acceptors (Lipinski definition) is 2. The Hall–Kier alpha value is -7.16. The number of anilines is 6. The van der Waals surface area contributed by atoms with Crippen molar-refractivity contribution in [3.63, 3.8) is 0 Å². The Morgan fingerprint density at radius 3 is 1.52 bits per heavy atom. The lowest BCUT2D eigenvalue weighted by molar-refractivity contribution is -0.0397. The molecule has 2 nitrogen and oxygen atoms in total. The summed E-state index contributed by atoms with van der Waals surface area (Å²) >= 11 is 0. The van der Waals surface area contributed by atoms with E-state index in [0.717, 1.165) is 23.2 Å². The van der Waals surface area contributed by atoms with Gasteiger partial charge in [0.2, 0.25) is 0 Å². The molecule has 0 amide bonds. The van der Waals surface area contributed by atoms with Crippen LogP contribution >= 0.6 is 0 Å². The number of benzene rings is 10. The van der Waals surface area contributed by atoms with E-state index >= 15 is 0 Å². The van der Waals surface area contributed by atoms with Crippen LogP contribution in [0.25, 0.3) is 54.6 Å². The van der Waals surface area contributed by atoms with Crippen molar-refractivity contribution >= 4 is 66.4 Å². The minimum atomic E-state index is 0.0281. The molecule has 2 heteroatoms. The van der Waals surface area contributed by atoms with Gasteiger partial charge >= 0.3 is 0 Å². The number of para-hydroxylation sites is 2. The molecule has 0 heterocycles. The van der Waals surface area contributed by atoms with Crippen molar-refractivity contribution in [3.05, 3.63) is 217 Å². The molecule has 64 heavy (non-hydrogen) atoms. The summed E-state index contributed by atoms with van der Waals surface area (Å²) in [4.78, 5) is 5.10. The first-order valence-electron chi connectivity index (χ1n) is 23.5. The van der Waals surface area contributed by atoms with Crippen LogP contribution in [-0.2, 0) is 5.41 Å². The minimum Gasteiger partial charge on any atom is -0.310 e. The highest BCUT2D eigenvalue weighted by Gasteiger charge is 2.62. The highest BCUT2D eigenvalue weighted by Crippen LogP contribution is 2.71. The summed E-state index contributed by atoms with van der Waals surface area (Å²) in [5, 5.41) is 7.68. The van der Waals surface area contributed by atoms with Gasteiger partial charge in [-0.1, -0.05) is 152 Å². The number of nitrogens with zero attached hydrogens (tertiary/aromatic N) is 2. The van der Waals surface area contributed by atoms with Crippen LogP contribution in [0.5, 0.6) is 0 Å². The minimum absolute atomic E-state index is 0.0281. The molecule has 0 N–H and O–H groups in total. The summed E-state index contributed by atoms with van der Waals surface area (Å²) in [6.45, 7) is 0. The molecule has 0 aromatic heterocycles. The van der Waals surface area contributed by atoms with Crippen molar-refractivity contribution in [2.24, 2.45) is 23.7 Å². The van der Waals surface area contributed by atoms with E-state index in [1.807, 2.05) is 0 Å². The summed E-state index contributed by atoms with van der Waals surface area (Å²) in [7, 11) is 0. The smallest absolute Gasteiger partial charge is 0.0540 e. The van der Waals surface area contributed by atoms with E-state index in [0.29, 0.717) is 11.8 Å². The van der Waals surface area contributed by atoms with Gasteiger partial charge in [-0.25, -0.2) is 0 Å². The summed E-state index contributed by atoms with van der Waals surface area (Å²) in [5.41, 5.74) is 15.8. The first-order valence-corrected chi connectivity index (χ1v) is 23.5. The Kier molecular flexibility index (Phi) is 7.90. The fraction of sp³-hybridized carbons (Fsp3) is 0.161. The average Bonchev–Trinajstić information content (AvgIpc) is 3.65. The van der Waals surface area contributed by atoms with Crippen LogP contribution in [0.3, 0.4) is 0 Å². The SMILES string of the molecule is c1ccc(-c2cccc(N(c3ccccc3)c3ccc4ccc5c(N(c6ccccc6)c6cccc7c6C6(c8ccccc8-7)C7CC8CC(C7)CC6C8)ccc6ccc3c4c65)c2)cc1. The zero-order valence-corrected chi connectivity index (χ0v) is 35.9. The molecule has 0 radical (unpaired) electrons. The van der Waals surface area contributed by atoms with Crippen LogP contribution < -0.4 is 9.80 Å². The van der Waals surface area contributed by atoms with Crippen molar-refractivity contribution in [1.29, 1.82) is 0 Å². The summed E-state index contributed by atoms with van der Waals surface area (Å²) in [6, 6.07) is 77.6. The van der Waals surface area contributed by atoms with Crippen LogP contribution in [-0.4, -0.2) is 0 Å². The Labute approximate surface area is 375 Å². The molecule has 306 valence electrons. The van der Waals surface area contributed by atoms with Gasteiger partial charge < -0.3 is 9.80 Å². The molecule has 5 aliphatic carbocycles. The van der Waals surface area contributed by atoms with Gasteiger partial charge in [-0.05, 0) is 165 Å². The summed E-state index contributed by atoms with van der Waals surface area (Å²) in [5.74, 6) is 3.11. The van der Waals surface area contributed by atoms with Gasteiger partial charge in [0.1, 0.15) is 0 Å². The first-order chi connectivity index (χ1) is 31.7. The van der Waals surface area contributed by atoms with Crippen molar-refractivity contribution < 1.29 is 0 Å². The molecule has 0 atom stereocenters. The monoisotopic (exact) mass is 820 g/mol. The molecule has 15 rings (SSSR count). The second kappa shape index (κ2) is 13.9. The van der Waals surface area contributed by atoms with Gasteiger partial charge in [0, 0.05) is 33.2 Å². The van der Waals surface area contributed by atoms with Crippen LogP contribution in [0.15, 0.2) is 206 Å². The average molecular weight is 821 g/mol. The lowest BCUT2D eigenvalue weighted by atomic mass is 9.43. The zero-order valence-electron chi connectivity index (χ0n) is 35.9. The van der Waals surface area contributed by atoms with Crippen molar-refractivity contribution in [1.82, 2.24) is 0 Å². The van der Waals surface area contributed by atoms with Crippen LogP contribution in [0, 0.1) is 23.7 Å². The molecule has 4 fully saturated rings. The van der Waals surface area contributed by atoms with E-state index < -0.39 is 0 Å². The fourth-order valence-electron chi connectivity index (χ4n) is 14.0. The second-order valence-electron chi connectivity index (χ2n) is 19.3. The Morgan fingerprint density at radius 2 is 0.859 bits per heavy atom. The third-order valence-corrected chi connectivity index (χ3v) is 16.1. The summed E-state index contributed by atoms with van der Waals surface area (Å²) < 4.78 is 0. The van der Waals surface area contributed by atoms with Gasteiger partial charge in [0.15, 0.2) is 0 Å². The molecule has 10 aromatic carbocycles.